The summed E-state index contributed by atoms with van der Waals surface area (Å²) in [6.07, 6.45) is 0. The molecule has 0 radical (unpaired) electrons. The van der Waals surface area contributed by atoms with Gasteiger partial charge in [-0.3, -0.25) is 4.48 Å². The number of fused-ring (bicyclic) bond motifs is 3. The van der Waals surface area contributed by atoms with E-state index in [1.807, 2.05) is 12.1 Å². The highest BCUT2D eigenvalue weighted by Crippen LogP contribution is 2.46. The lowest BCUT2D eigenvalue weighted by Crippen LogP contribution is -2.34. The monoisotopic (exact) mass is 534 g/mol. The Labute approximate surface area is 229 Å². The van der Waals surface area contributed by atoms with Gasteiger partial charge in [0.1, 0.15) is 22.6 Å². The Balaban J connectivity index is 2.23. The minimum Gasteiger partial charge on any atom is -0.390 e. The van der Waals surface area contributed by atoms with Crippen molar-refractivity contribution in [2.45, 2.75) is 80.1 Å². The second-order valence-corrected chi connectivity index (χ2v) is 14.6. The lowest BCUT2D eigenvalue weighted by Gasteiger charge is -2.23. The van der Waals surface area contributed by atoms with Crippen molar-refractivity contribution in [2.24, 2.45) is 0 Å². The van der Waals surface area contributed by atoms with E-state index in [1.54, 1.807) is 0 Å². The summed E-state index contributed by atoms with van der Waals surface area (Å²) in [6.45, 7) is 22.2. The molecule has 1 heterocycles. The number of benzene rings is 3. The number of rotatable bonds is 3. The fourth-order valence-corrected chi connectivity index (χ4v) is 6.01. The zero-order valence-corrected chi connectivity index (χ0v) is 26.5. The molecule has 0 amide bonds. The highest BCUT2D eigenvalue weighted by Gasteiger charge is 2.27. The van der Waals surface area contributed by atoms with E-state index in [1.165, 1.54) is 33.4 Å². The number of hydrogen-bond acceptors (Lipinski definition) is 3. The van der Waals surface area contributed by atoms with Crippen molar-refractivity contribution in [3.05, 3.63) is 69.8 Å². The van der Waals surface area contributed by atoms with E-state index in [-0.39, 0.29) is 10.8 Å². The van der Waals surface area contributed by atoms with Gasteiger partial charge in [-0.15, -0.1) is 0 Å². The molecule has 0 spiro atoms. The van der Waals surface area contributed by atoms with Gasteiger partial charge in [0.15, 0.2) is 0 Å². The fraction of sp³-hybridized carbons (Fsp3) is 0.455. The van der Waals surface area contributed by atoms with Gasteiger partial charge in [0.2, 0.25) is 0 Å². The van der Waals surface area contributed by atoms with Gasteiger partial charge in [0.05, 0.1) is 21.1 Å². The largest absolute Gasteiger partial charge is 0.453 e. The standard InChI is InChI=1S/C33H45NO3P/c1-20-17-26(32(5,6)7)30-28(22(20)3)29-23(4)21(2)18-27(33(8,9)10)31(29)37-38(36-30)35-25-16-14-15-24(19-25)34(11,12)13/h14-19H,1-13H3/q+1. The van der Waals surface area contributed by atoms with E-state index in [0.29, 0.717) is 4.48 Å². The van der Waals surface area contributed by atoms with Gasteiger partial charge in [-0.1, -0.05) is 59.7 Å². The molecular weight excluding hydrogens is 489 g/mol. The normalized spacial score (nSPS) is 12.9. The third-order valence-corrected chi connectivity index (χ3v) is 8.59. The average molecular weight is 535 g/mol. The molecule has 0 fully saturated rings. The lowest BCUT2D eigenvalue weighted by molar-refractivity contribution is 0.474. The van der Waals surface area contributed by atoms with Gasteiger partial charge >= 0.3 is 8.24 Å². The van der Waals surface area contributed by atoms with Gasteiger partial charge in [-0.2, -0.15) is 0 Å². The maximum atomic E-state index is 6.84. The minimum atomic E-state index is -1.77. The Kier molecular flexibility index (Phi) is 7.09. The maximum Gasteiger partial charge on any atom is 0.453 e. The van der Waals surface area contributed by atoms with Crippen LogP contribution in [0.4, 0.5) is 5.69 Å². The van der Waals surface area contributed by atoms with Crippen molar-refractivity contribution in [1.82, 2.24) is 4.48 Å². The van der Waals surface area contributed by atoms with Gasteiger partial charge in [-0.25, -0.2) is 0 Å². The first-order chi connectivity index (χ1) is 17.4. The van der Waals surface area contributed by atoms with Crippen molar-refractivity contribution < 1.29 is 12.9 Å². The van der Waals surface area contributed by atoms with Crippen LogP contribution in [0.1, 0.15) is 74.9 Å². The summed E-state index contributed by atoms with van der Waals surface area (Å²) >= 11 is 0. The van der Waals surface area contributed by atoms with Crippen LogP contribution >= 0.6 is 8.24 Å². The summed E-state index contributed by atoms with van der Waals surface area (Å²) in [5.41, 5.74) is 9.94. The molecule has 204 valence electrons. The zero-order valence-electron chi connectivity index (χ0n) is 25.6. The molecule has 4 rings (SSSR count). The van der Waals surface area contributed by atoms with Crippen LogP contribution < -0.4 is 9.01 Å². The van der Waals surface area contributed by atoms with Crippen molar-refractivity contribution in [3.8, 4) is 5.75 Å². The van der Waals surface area contributed by atoms with Crippen LogP contribution in [0.25, 0.3) is 21.9 Å². The smallest absolute Gasteiger partial charge is 0.390 e. The predicted octanol–water partition coefficient (Wildman–Crippen LogP) is 10.2. The molecule has 3 aromatic carbocycles. The molecule has 0 bridgehead atoms. The van der Waals surface area contributed by atoms with E-state index >= 15 is 0 Å². The molecule has 0 aliphatic carbocycles. The van der Waals surface area contributed by atoms with Gasteiger partial charge in [0, 0.05) is 28.0 Å². The molecule has 0 aliphatic rings. The van der Waals surface area contributed by atoms with E-state index in [4.69, 9.17) is 12.9 Å². The van der Waals surface area contributed by atoms with Gasteiger partial charge in [-0.05, 0) is 72.9 Å². The molecule has 0 N–H and O–H groups in total. The first kappa shape index (κ1) is 28.3. The van der Waals surface area contributed by atoms with Crippen LogP contribution in [0.2, 0.25) is 0 Å². The van der Waals surface area contributed by atoms with E-state index in [2.05, 4.69) is 115 Å². The quantitative estimate of drug-likeness (QED) is 0.245. The van der Waals surface area contributed by atoms with Gasteiger partial charge < -0.3 is 12.9 Å². The average Bonchev–Trinajstić information content (AvgIpc) is 2.94. The molecule has 1 aromatic heterocycles. The molecule has 0 saturated carbocycles. The third kappa shape index (κ3) is 5.26. The summed E-state index contributed by atoms with van der Waals surface area (Å²) in [5, 5.41) is 2.26. The molecular formula is C33H45NO3P+. The second kappa shape index (κ2) is 9.50. The molecule has 38 heavy (non-hydrogen) atoms. The van der Waals surface area contributed by atoms with Crippen LogP contribution in [0, 0.1) is 27.7 Å². The maximum absolute atomic E-state index is 6.84. The fourth-order valence-electron chi connectivity index (χ4n) is 4.94. The van der Waals surface area contributed by atoms with Crippen molar-refractivity contribution in [3.63, 3.8) is 0 Å². The summed E-state index contributed by atoms with van der Waals surface area (Å²) in [7, 11) is 4.68. The molecule has 4 aromatic rings. The highest BCUT2D eigenvalue weighted by atomic mass is 31.1. The molecule has 0 unspecified atom stereocenters. The number of quaternary nitrogens is 1. The zero-order chi connectivity index (χ0) is 28.4. The number of hydrogen-bond donors (Lipinski definition) is 0. The van der Waals surface area contributed by atoms with Gasteiger partial charge in [0.25, 0.3) is 0 Å². The predicted molar refractivity (Wildman–Crippen MR) is 165 cm³/mol. The van der Waals surface area contributed by atoms with Crippen LogP contribution in [0.3, 0.4) is 0 Å². The SMILES string of the molecule is Cc1cc(C(C)(C)C)c2op(Oc3cccc([N+](C)(C)C)c3)oc3c(C(C)(C)C)cc(C)c(C)c3c2c1C. The summed E-state index contributed by atoms with van der Waals surface area (Å²) in [4.78, 5) is 0. The van der Waals surface area contributed by atoms with E-state index in [0.717, 1.165) is 33.4 Å². The molecule has 0 atom stereocenters. The summed E-state index contributed by atoms with van der Waals surface area (Å²) in [5.74, 6) is 0.744. The van der Waals surface area contributed by atoms with Crippen LogP contribution in [-0.2, 0) is 10.8 Å². The topological polar surface area (TPSA) is 35.5 Å². The first-order valence-corrected chi connectivity index (χ1v) is 14.5. The molecule has 0 aliphatic heterocycles. The van der Waals surface area contributed by atoms with E-state index < -0.39 is 8.24 Å². The molecule has 0 saturated heterocycles. The van der Waals surface area contributed by atoms with Crippen molar-refractivity contribution in [2.75, 3.05) is 21.1 Å². The lowest BCUT2D eigenvalue weighted by atomic mass is 9.81. The second-order valence-electron chi connectivity index (χ2n) is 13.6. The van der Waals surface area contributed by atoms with Crippen LogP contribution in [0.5, 0.6) is 5.75 Å². The van der Waals surface area contributed by atoms with Crippen molar-refractivity contribution >= 4 is 35.9 Å². The molecule has 5 heteroatoms. The Bertz CT molecular complexity index is 1490. The summed E-state index contributed by atoms with van der Waals surface area (Å²) < 4.78 is 20.9. The van der Waals surface area contributed by atoms with Crippen LogP contribution in [0.15, 0.2) is 44.8 Å². The van der Waals surface area contributed by atoms with Crippen molar-refractivity contribution in [1.29, 1.82) is 0 Å². The Morgan fingerprint density at radius 2 is 1.13 bits per heavy atom. The Morgan fingerprint density at radius 1 is 0.684 bits per heavy atom. The molecule has 4 nitrogen and oxygen atoms in total. The Morgan fingerprint density at radius 3 is 1.53 bits per heavy atom. The first-order valence-electron chi connectivity index (χ1n) is 13.5. The highest BCUT2D eigenvalue weighted by molar-refractivity contribution is 7.32. The third-order valence-electron chi connectivity index (χ3n) is 7.57. The van der Waals surface area contributed by atoms with E-state index in [9.17, 15) is 0 Å². The Hall–Kier alpha value is -2.68. The summed E-state index contributed by atoms with van der Waals surface area (Å²) in [6, 6.07) is 12.8. The minimum absolute atomic E-state index is 0.123. The number of nitrogens with zero attached hydrogens (tertiary/aromatic N) is 1. The van der Waals surface area contributed by atoms with Crippen LogP contribution in [-0.4, -0.2) is 21.1 Å². The number of aryl methyl sites for hydroxylation is 4.